The fraction of sp³-hybridized carbons (Fsp3) is 0.414. The number of piperazine rings is 1. The van der Waals surface area contributed by atoms with E-state index >= 15 is 4.39 Å². The van der Waals surface area contributed by atoms with Crippen molar-refractivity contribution in [2.75, 3.05) is 42.9 Å². The van der Waals surface area contributed by atoms with Crippen LogP contribution in [0.15, 0.2) is 41.3 Å². The van der Waals surface area contributed by atoms with E-state index < -0.39 is 17.2 Å². The number of aromatic nitrogens is 1. The molecule has 2 fully saturated rings. The molecule has 0 bridgehead atoms. The van der Waals surface area contributed by atoms with Crippen LogP contribution in [0, 0.1) is 5.82 Å². The SMILES string of the molecule is CCc1cccc(CC)c1NC(=O)CN1CCN(c2cc3c(cc2F)c(=O)c(C(=O)O)cn3C2CC2)CC1. The third-order valence-electron chi connectivity index (χ3n) is 7.61. The van der Waals surface area contributed by atoms with E-state index in [2.05, 4.69) is 24.1 Å². The van der Waals surface area contributed by atoms with Gasteiger partial charge in [-0.1, -0.05) is 32.0 Å². The molecule has 5 rings (SSSR count). The first-order valence-corrected chi connectivity index (χ1v) is 13.3. The highest BCUT2D eigenvalue weighted by molar-refractivity contribution is 5.94. The number of carboxylic acids is 1. The first kappa shape index (κ1) is 25.9. The molecule has 0 spiro atoms. The summed E-state index contributed by atoms with van der Waals surface area (Å²) in [7, 11) is 0. The van der Waals surface area contributed by atoms with Gasteiger partial charge in [-0.2, -0.15) is 0 Å². The lowest BCUT2D eigenvalue weighted by Gasteiger charge is -2.36. The van der Waals surface area contributed by atoms with Crippen molar-refractivity contribution in [2.24, 2.45) is 0 Å². The van der Waals surface area contributed by atoms with Crippen LogP contribution in [0.1, 0.15) is 54.2 Å². The number of benzene rings is 2. The van der Waals surface area contributed by atoms with Gasteiger partial charge in [-0.25, -0.2) is 9.18 Å². The van der Waals surface area contributed by atoms with Crippen LogP contribution in [-0.2, 0) is 17.6 Å². The summed E-state index contributed by atoms with van der Waals surface area (Å²) < 4.78 is 17.1. The average molecular weight is 521 g/mol. The van der Waals surface area contributed by atoms with E-state index in [9.17, 15) is 19.5 Å². The lowest BCUT2D eigenvalue weighted by molar-refractivity contribution is -0.117. The number of halogens is 1. The van der Waals surface area contributed by atoms with Crippen molar-refractivity contribution in [3.05, 3.63) is 69.3 Å². The van der Waals surface area contributed by atoms with E-state index in [1.54, 1.807) is 6.07 Å². The number of fused-ring (bicyclic) bond motifs is 1. The number of hydrogen-bond donors (Lipinski definition) is 2. The number of nitrogens with one attached hydrogen (secondary N) is 1. The van der Waals surface area contributed by atoms with Gasteiger partial charge in [0.1, 0.15) is 11.4 Å². The van der Waals surface area contributed by atoms with E-state index in [1.807, 2.05) is 27.7 Å². The molecule has 2 N–H and O–H groups in total. The molecule has 0 atom stereocenters. The van der Waals surface area contributed by atoms with Crippen molar-refractivity contribution >= 4 is 34.2 Å². The summed E-state index contributed by atoms with van der Waals surface area (Å²) in [6.45, 7) is 6.65. The number of aryl methyl sites for hydroxylation is 2. The fourth-order valence-corrected chi connectivity index (χ4v) is 5.34. The number of aromatic carboxylic acids is 1. The zero-order chi connectivity index (χ0) is 27.0. The van der Waals surface area contributed by atoms with Crippen molar-refractivity contribution in [1.29, 1.82) is 0 Å². The Balaban J connectivity index is 1.30. The van der Waals surface area contributed by atoms with E-state index in [0.717, 1.165) is 42.5 Å². The van der Waals surface area contributed by atoms with Crippen molar-refractivity contribution < 1.29 is 19.1 Å². The van der Waals surface area contributed by atoms with E-state index in [0.29, 0.717) is 37.4 Å². The molecule has 3 aromatic rings. The lowest BCUT2D eigenvalue weighted by Crippen LogP contribution is -2.49. The quantitative estimate of drug-likeness (QED) is 0.465. The topological polar surface area (TPSA) is 94.9 Å². The first-order valence-electron chi connectivity index (χ1n) is 13.3. The summed E-state index contributed by atoms with van der Waals surface area (Å²) in [5, 5.41) is 12.7. The molecule has 0 unspecified atom stereocenters. The molecule has 2 heterocycles. The minimum absolute atomic E-state index is 0.0615. The van der Waals surface area contributed by atoms with Crippen LogP contribution >= 0.6 is 0 Å². The highest BCUT2D eigenvalue weighted by atomic mass is 19.1. The number of carbonyl (C=O) groups excluding carboxylic acids is 1. The second-order valence-corrected chi connectivity index (χ2v) is 10.1. The van der Waals surface area contributed by atoms with Crippen LogP contribution in [0.5, 0.6) is 0 Å². The zero-order valence-electron chi connectivity index (χ0n) is 21.8. The number of carbonyl (C=O) groups is 2. The second-order valence-electron chi connectivity index (χ2n) is 10.1. The Hall–Kier alpha value is -3.72. The highest BCUT2D eigenvalue weighted by Gasteiger charge is 2.29. The molecule has 8 nitrogen and oxygen atoms in total. The summed E-state index contributed by atoms with van der Waals surface area (Å²) in [5.74, 6) is -1.91. The number of para-hydroxylation sites is 1. The smallest absolute Gasteiger partial charge is 0.341 e. The van der Waals surface area contributed by atoms with Crippen LogP contribution < -0.4 is 15.6 Å². The fourth-order valence-electron chi connectivity index (χ4n) is 5.34. The van der Waals surface area contributed by atoms with Gasteiger partial charge in [-0.3, -0.25) is 14.5 Å². The Morgan fingerprint density at radius 2 is 1.71 bits per heavy atom. The first-order chi connectivity index (χ1) is 18.3. The normalized spacial score (nSPS) is 16.1. The van der Waals surface area contributed by atoms with Gasteiger partial charge in [0.25, 0.3) is 0 Å². The molecular formula is C29H33FN4O4. The van der Waals surface area contributed by atoms with Crippen LogP contribution in [-0.4, -0.2) is 59.2 Å². The molecule has 9 heteroatoms. The van der Waals surface area contributed by atoms with Gasteiger partial charge in [0.2, 0.25) is 11.3 Å². The van der Waals surface area contributed by atoms with Crippen molar-refractivity contribution in [1.82, 2.24) is 9.47 Å². The van der Waals surface area contributed by atoms with E-state index in [-0.39, 0.29) is 29.4 Å². The Kier molecular flexibility index (Phi) is 7.21. The minimum atomic E-state index is -1.31. The van der Waals surface area contributed by atoms with Crippen molar-refractivity contribution in [2.45, 2.75) is 45.6 Å². The van der Waals surface area contributed by atoms with Gasteiger partial charge < -0.3 is 19.9 Å². The number of anilines is 2. The van der Waals surface area contributed by atoms with Crippen molar-refractivity contribution in [3.63, 3.8) is 0 Å². The summed E-state index contributed by atoms with van der Waals surface area (Å²) >= 11 is 0. The molecule has 2 aliphatic rings. The van der Waals surface area contributed by atoms with Crippen LogP contribution in [0.3, 0.4) is 0 Å². The molecule has 1 aromatic heterocycles. The summed E-state index contributed by atoms with van der Waals surface area (Å²) in [4.78, 5) is 41.2. The number of carboxylic acid groups (broad SMARTS) is 1. The maximum atomic E-state index is 15.2. The number of nitrogens with zero attached hydrogens (tertiary/aromatic N) is 3. The molecule has 200 valence electrons. The van der Waals surface area contributed by atoms with Crippen LogP contribution in [0.4, 0.5) is 15.8 Å². The van der Waals surface area contributed by atoms with Gasteiger partial charge in [0.15, 0.2) is 0 Å². The molecule has 1 amide bonds. The summed E-state index contributed by atoms with van der Waals surface area (Å²) in [5.41, 5.74) is 3.10. The third kappa shape index (κ3) is 5.03. The monoisotopic (exact) mass is 520 g/mol. The van der Waals surface area contributed by atoms with Gasteiger partial charge in [0.05, 0.1) is 17.7 Å². The van der Waals surface area contributed by atoms with Gasteiger partial charge in [-0.05, 0) is 48.9 Å². The third-order valence-corrected chi connectivity index (χ3v) is 7.61. The molecule has 1 aliphatic heterocycles. The standard InChI is InChI=1S/C29H33FN4O4/c1-3-18-6-5-7-19(4-2)27(18)31-26(35)17-32-10-12-33(13-11-32)25-15-24-21(14-23(25)30)28(36)22(29(37)38)16-34(24)20-8-9-20/h5-7,14-16,20H,3-4,8-13,17H2,1-2H3,(H,31,35)(H,37,38). The summed E-state index contributed by atoms with van der Waals surface area (Å²) in [6, 6.07) is 9.07. The Bertz CT molecular complexity index is 1430. The van der Waals surface area contributed by atoms with Crippen LogP contribution in [0.2, 0.25) is 0 Å². The van der Waals surface area contributed by atoms with Crippen LogP contribution in [0.25, 0.3) is 10.9 Å². The lowest BCUT2D eigenvalue weighted by atomic mass is 10.0. The maximum Gasteiger partial charge on any atom is 0.341 e. The van der Waals surface area contributed by atoms with E-state index in [4.69, 9.17) is 0 Å². The number of pyridine rings is 1. The highest BCUT2D eigenvalue weighted by Crippen LogP contribution is 2.38. The average Bonchev–Trinajstić information content (AvgIpc) is 3.75. The molecule has 38 heavy (non-hydrogen) atoms. The molecule has 0 radical (unpaired) electrons. The maximum absolute atomic E-state index is 15.2. The Morgan fingerprint density at radius 1 is 1.05 bits per heavy atom. The minimum Gasteiger partial charge on any atom is -0.477 e. The number of hydrogen-bond acceptors (Lipinski definition) is 5. The molecule has 2 aromatic carbocycles. The van der Waals surface area contributed by atoms with Gasteiger partial charge in [0, 0.05) is 49.5 Å². The Morgan fingerprint density at radius 3 is 2.29 bits per heavy atom. The Labute approximate surface area is 220 Å². The number of amides is 1. The molecule has 1 saturated heterocycles. The van der Waals surface area contributed by atoms with Gasteiger partial charge in [-0.15, -0.1) is 0 Å². The molecule has 1 aliphatic carbocycles. The van der Waals surface area contributed by atoms with Gasteiger partial charge >= 0.3 is 5.97 Å². The predicted octanol–water partition coefficient (Wildman–Crippen LogP) is 4.06. The molecular weight excluding hydrogens is 487 g/mol. The summed E-state index contributed by atoms with van der Waals surface area (Å²) in [6.07, 6.45) is 4.86. The largest absolute Gasteiger partial charge is 0.477 e. The van der Waals surface area contributed by atoms with Crippen molar-refractivity contribution in [3.8, 4) is 0 Å². The zero-order valence-corrected chi connectivity index (χ0v) is 21.8. The second kappa shape index (κ2) is 10.6. The number of rotatable bonds is 8. The predicted molar refractivity (Wildman–Crippen MR) is 146 cm³/mol. The van der Waals surface area contributed by atoms with E-state index in [1.165, 1.54) is 12.3 Å². The molecule has 1 saturated carbocycles.